The monoisotopic (exact) mass is 390 g/mol. The number of ketones is 1. The molecule has 1 aromatic carbocycles. The molecular formula is C26H30O3. The summed E-state index contributed by atoms with van der Waals surface area (Å²) in [6.07, 6.45) is 12.4. The minimum absolute atomic E-state index is 0.00868. The lowest BCUT2D eigenvalue weighted by Crippen LogP contribution is -2.51. The predicted octanol–water partition coefficient (Wildman–Crippen LogP) is 5.52. The van der Waals surface area contributed by atoms with Crippen LogP contribution in [-0.4, -0.2) is 17.9 Å². The zero-order valence-electron chi connectivity index (χ0n) is 17.4. The zero-order chi connectivity index (χ0) is 20.2. The van der Waals surface area contributed by atoms with Gasteiger partial charge in [-0.3, -0.25) is 4.79 Å². The Balaban J connectivity index is 1.37. The second-order valence-electron chi connectivity index (χ2n) is 9.99. The molecule has 3 fully saturated rings. The third-order valence-electron chi connectivity index (χ3n) is 8.73. The standard InChI is InChI=1S/C26H30O3/c1-25-14-12-19(27)16-18(25)8-9-20-21-10-11-23(26(21,2)15-13-22(20)25)29-24(28)17-6-4-3-5-7-17/h3-7,12,14,16,20-23H,8-11,13,15H2,1-2H3/t20-,21-,22-,23?,25-,26-/m0/s1. The Hall–Kier alpha value is -2.16. The number of hydrogen-bond donors (Lipinski definition) is 0. The van der Waals surface area contributed by atoms with Crippen LogP contribution in [-0.2, 0) is 9.53 Å². The van der Waals surface area contributed by atoms with Crippen molar-refractivity contribution in [3.63, 3.8) is 0 Å². The van der Waals surface area contributed by atoms with Gasteiger partial charge in [0.2, 0.25) is 0 Å². The molecule has 4 aliphatic rings. The first-order valence-corrected chi connectivity index (χ1v) is 11.1. The third kappa shape index (κ3) is 2.85. The van der Waals surface area contributed by atoms with Crippen LogP contribution in [0.15, 0.2) is 54.1 Å². The van der Waals surface area contributed by atoms with Crippen LogP contribution in [0.2, 0.25) is 0 Å². The van der Waals surface area contributed by atoms with Gasteiger partial charge in [-0.15, -0.1) is 0 Å². The molecule has 1 unspecified atom stereocenters. The molecule has 6 atom stereocenters. The van der Waals surface area contributed by atoms with Gasteiger partial charge >= 0.3 is 5.97 Å². The van der Waals surface area contributed by atoms with Crippen molar-refractivity contribution >= 4 is 11.8 Å². The average molecular weight is 391 g/mol. The molecule has 0 aliphatic heterocycles. The maximum absolute atomic E-state index is 12.7. The van der Waals surface area contributed by atoms with Gasteiger partial charge in [-0.2, -0.15) is 0 Å². The van der Waals surface area contributed by atoms with Crippen LogP contribution in [0.25, 0.3) is 0 Å². The smallest absolute Gasteiger partial charge is 0.338 e. The van der Waals surface area contributed by atoms with E-state index < -0.39 is 0 Å². The van der Waals surface area contributed by atoms with Gasteiger partial charge in [-0.05, 0) is 80.6 Å². The minimum atomic E-state index is -0.186. The molecule has 0 saturated heterocycles. The van der Waals surface area contributed by atoms with E-state index in [-0.39, 0.29) is 28.7 Å². The van der Waals surface area contributed by atoms with Gasteiger partial charge < -0.3 is 4.74 Å². The number of benzene rings is 1. The first-order chi connectivity index (χ1) is 13.9. The van der Waals surface area contributed by atoms with Crippen molar-refractivity contribution < 1.29 is 14.3 Å². The summed E-state index contributed by atoms with van der Waals surface area (Å²) in [6.45, 7) is 4.70. The van der Waals surface area contributed by atoms with E-state index in [1.807, 2.05) is 36.4 Å². The third-order valence-corrected chi connectivity index (χ3v) is 8.73. The summed E-state index contributed by atoms with van der Waals surface area (Å²) < 4.78 is 6.09. The number of esters is 1. The molecule has 5 rings (SSSR count). The van der Waals surface area contributed by atoms with Gasteiger partial charge in [0.15, 0.2) is 5.78 Å². The van der Waals surface area contributed by atoms with Crippen LogP contribution >= 0.6 is 0 Å². The quantitative estimate of drug-likeness (QED) is 0.625. The number of carbonyl (C=O) groups excluding carboxylic acids is 2. The SMILES string of the molecule is C[C@]12C=CC(=O)C=C1CC[C@@H]1[C@@H]2CC[C@]2(C)C(OC(=O)c3ccccc3)CC[C@@H]12. The molecule has 0 amide bonds. The fourth-order valence-corrected chi connectivity index (χ4v) is 7.11. The second kappa shape index (κ2) is 6.68. The van der Waals surface area contributed by atoms with Crippen LogP contribution in [0.5, 0.6) is 0 Å². The Kier molecular flexibility index (Phi) is 4.34. The highest BCUT2D eigenvalue weighted by Crippen LogP contribution is 2.64. The molecule has 0 spiro atoms. The van der Waals surface area contributed by atoms with Gasteiger partial charge in [-0.1, -0.05) is 43.7 Å². The Morgan fingerprint density at radius 3 is 2.62 bits per heavy atom. The van der Waals surface area contributed by atoms with Crippen LogP contribution in [0.3, 0.4) is 0 Å². The molecule has 0 N–H and O–H groups in total. The van der Waals surface area contributed by atoms with Crippen molar-refractivity contribution in [2.45, 2.75) is 58.5 Å². The van der Waals surface area contributed by atoms with Gasteiger partial charge in [-0.25, -0.2) is 4.79 Å². The van der Waals surface area contributed by atoms with E-state index in [4.69, 9.17) is 4.74 Å². The number of allylic oxidation sites excluding steroid dienone is 4. The molecule has 3 heteroatoms. The lowest BCUT2D eigenvalue weighted by molar-refractivity contribution is -0.111. The summed E-state index contributed by atoms with van der Waals surface area (Å²) in [4.78, 5) is 24.6. The maximum atomic E-state index is 12.7. The van der Waals surface area contributed by atoms with Crippen LogP contribution < -0.4 is 0 Å². The van der Waals surface area contributed by atoms with Gasteiger partial charge in [0.1, 0.15) is 6.10 Å². The number of ether oxygens (including phenoxy) is 1. The van der Waals surface area contributed by atoms with Crippen molar-refractivity contribution in [3.05, 3.63) is 59.7 Å². The molecule has 4 aliphatic carbocycles. The molecule has 152 valence electrons. The van der Waals surface area contributed by atoms with E-state index in [0.29, 0.717) is 23.3 Å². The predicted molar refractivity (Wildman–Crippen MR) is 112 cm³/mol. The highest BCUT2D eigenvalue weighted by molar-refractivity contribution is 6.01. The van der Waals surface area contributed by atoms with E-state index in [2.05, 4.69) is 19.9 Å². The lowest BCUT2D eigenvalue weighted by Gasteiger charge is -2.56. The molecule has 1 aromatic rings. The minimum Gasteiger partial charge on any atom is -0.458 e. The number of carbonyl (C=O) groups is 2. The highest BCUT2D eigenvalue weighted by Gasteiger charge is 2.59. The van der Waals surface area contributed by atoms with Crippen LogP contribution in [0.1, 0.15) is 62.7 Å². The van der Waals surface area contributed by atoms with Gasteiger partial charge in [0, 0.05) is 10.8 Å². The zero-order valence-corrected chi connectivity index (χ0v) is 17.4. The molecule has 3 saturated carbocycles. The molecule has 29 heavy (non-hydrogen) atoms. The first-order valence-electron chi connectivity index (χ1n) is 11.1. The molecule has 3 nitrogen and oxygen atoms in total. The van der Waals surface area contributed by atoms with Crippen molar-refractivity contribution in [2.75, 3.05) is 0 Å². The fourth-order valence-electron chi connectivity index (χ4n) is 7.11. The largest absolute Gasteiger partial charge is 0.458 e. The van der Waals surface area contributed by atoms with E-state index in [0.717, 1.165) is 38.5 Å². The average Bonchev–Trinajstić information content (AvgIpc) is 3.05. The Bertz CT molecular complexity index is 898. The summed E-state index contributed by atoms with van der Waals surface area (Å²) in [7, 11) is 0. The van der Waals surface area contributed by atoms with Crippen LogP contribution in [0, 0.1) is 28.6 Å². The molecule has 0 radical (unpaired) electrons. The number of fused-ring (bicyclic) bond motifs is 5. The van der Waals surface area contributed by atoms with E-state index >= 15 is 0 Å². The van der Waals surface area contributed by atoms with Gasteiger partial charge in [0.25, 0.3) is 0 Å². The molecular weight excluding hydrogens is 360 g/mol. The summed E-state index contributed by atoms with van der Waals surface area (Å²) in [5.41, 5.74) is 2.07. The molecule has 0 bridgehead atoms. The topological polar surface area (TPSA) is 43.4 Å². The summed E-state index contributed by atoms with van der Waals surface area (Å²) in [5, 5.41) is 0. The summed E-state index contributed by atoms with van der Waals surface area (Å²) in [5.74, 6) is 1.79. The number of rotatable bonds is 2. The van der Waals surface area contributed by atoms with Gasteiger partial charge in [0.05, 0.1) is 5.56 Å². The number of hydrogen-bond acceptors (Lipinski definition) is 3. The molecule has 0 aromatic heterocycles. The van der Waals surface area contributed by atoms with E-state index in [9.17, 15) is 9.59 Å². The van der Waals surface area contributed by atoms with E-state index in [1.165, 1.54) is 5.57 Å². The Morgan fingerprint density at radius 2 is 1.83 bits per heavy atom. The van der Waals surface area contributed by atoms with E-state index in [1.54, 1.807) is 6.08 Å². The van der Waals surface area contributed by atoms with Crippen LogP contribution in [0.4, 0.5) is 0 Å². The summed E-state index contributed by atoms with van der Waals surface area (Å²) in [6, 6.07) is 9.36. The fraction of sp³-hybridized carbons (Fsp3) is 0.538. The molecule has 0 heterocycles. The van der Waals surface area contributed by atoms with Crippen molar-refractivity contribution in [1.82, 2.24) is 0 Å². The lowest BCUT2D eigenvalue weighted by atomic mass is 9.48. The van der Waals surface area contributed by atoms with Crippen molar-refractivity contribution in [3.8, 4) is 0 Å². The maximum Gasteiger partial charge on any atom is 0.338 e. The second-order valence-corrected chi connectivity index (χ2v) is 9.99. The normalized spacial score (nSPS) is 40.5. The first kappa shape index (κ1) is 18.8. The highest BCUT2D eigenvalue weighted by atomic mass is 16.5. The van der Waals surface area contributed by atoms with Crippen molar-refractivity contribution in [1.29, 1.82) is 0 Å². The Labute approximate surface area is 173 Å². The Morgan fingerprint density at radius 1 is 1.03 bits per heavy atom. The summed E-state index contributed by atoms with van der Waals surface area (Å²) >= 11 is 0. The van der Waals surface area contributed by atoms with Crippen molar-refractivity contribution in [2.24, 2.45) is 28.6 Å².